The molecule has 3 heterocycles. The highest BCUT2D eigenvalue weighted by molar-refractivity contribution is 5.79. The van der Waals surface area contributed by atoms with Gasteiger partial charge in [0.1, 0.15) is 18.1 Å². The Morgan fingerprint density at radius 2 is 2.03 bits per heavy atom. The smallest absolute Gasteiger partial charge is 0.232 e. The minimum Gasteiger partial charge on any atom is -0.497 e. The van der Waals surface area contributed by atoms with Crippen molar-refractivity contribution in [1.82, 2.24) is 24.6 Å². The van der Waals surface area contributed by atoms with E-state index in [1.807, 2.05) is 33.8 Å². The van der Waals surface area contributed by atoms with Gasteiger partial charge in [0.15, 0.2) is 0 Å². The van der Waals surface area contributed by atoms with Crippen molar-refractivity contribution in [3.05, 3.63) is 65.4 Å². The molecular formula is C22H25N5O3. The summed E-state index contributed by atoms with van der Waals surface area (Å²) < 4.78 is 13.0. The van der Waals surface area contributed by atoms with Gasteiger partial charge >= 0.3 is 0 Å². The van der Waals surface area contributed by atoms with E-state index in [9.17, 15) is 4.79 Å². The minimum atomic E-state index is 0.107. The van der Waals surface area contributed by atoms with Crippen LogP contribution >= 0.6 is 0 Å². The normalized spacial score (nSPS) is 13.1. The number of rotatable bonds is 7. The van der Waals surface area contributed by atoms with Gasteiger partial charge in [-0.2, -0.15) is 5.10 Å². The van der Waals surface area contributed by atoms with Crippen LogP contribution in [0.15, 0.2) is 42.9 Å². The van der Waals surface area contributed by atoms with Gasteiger partial charge in [0.2, 0.25) is 11.8 Å². The van der Waals surface area contributed by atoms with Crippen LogP contribution in [-0.4, -0.2) is 44.2 Å². The zero-order valence-corrected chi connectivity index (χ0v) is 17.2. The highest BCUT2D eigenvalue weighted by Crippen LogP contribution is 2.24. The standard InChI is InChI=1S/C22H25N5O3/c1-3-27-20-8-11-26(22(28)12-16-4-6-17(29-2)7-5-16)14-18(20)19(25-27)15-30-21-13-23-9-10-24-21/h4-7,9-10,13H,3,8,11-12,14-15H2,1-2H3. The number of fused-ring (bicyclic) bond motifs is 1. The van der Waals surface area contributed by atoms with Gasteiger partial charge in [-0.3, -0.25) is 14.5 Å². The Balaban J connectivity index is 1.47. The van der Waals surface area contributed by atoms with Crippen molar-refractivity contribution < 1.29 is 14.3 Å². The molecule has 8 heteroatoms. The van der Waals surface area contributed by atoms with Gasteiger partial charge in [0, 0.05) is 49.7 Å². The lowest BCUT2D eigenvalue weighted by molar-refractivity contribution is -0.131. The van der Waals surface area contributed by atoms with Gasteiger partial charge in [-0.05, 0) is 24.6 Å². The fraction of sp³-hybridized carbons (Fsp3) is 0.364. The molecule has 0 unspecified atom stereocenters. The Morgan fingerprint density at radius 3 is 2.73 bits per heavy atom. The van der Waals surface area contributed by atoms with Crippen LogP contribution in [0.25, 0.3) is 0 Å². The molecule has 2 aromatic heterocycles. The second-order valence-electron chi connectivity index (χ2n) is 7.11. The molecule has 4 rings (SSSR count). The highest BCUT2D eigenvalue weighted by Gasteiger charge is 2.27. The van der Waals surface area contributed by atoms with E-state index in [1.165, 1.54) is 5.69 Å². The van der Waals surface area contributed by atoms with Crippen molar-refractivity contribution in [3.63, 3.8) is 0 Å². The molecule has 0 spiro atoms. The Kier molecular flexibility index (Phi) is 5.92. The van der Waals surface area contributed by atoms with E-state index in [2.05, 4.69) is 16.9 Å². The second-order valence-corrected chi connectivity index (χ2v) is 7.11. The monoisotopic (exact) mass is 407 g/mol. The number of methoxy groups -OCH3 is 1. The molecule has 1 amide bonds. The van der Waals surface area contributed by atoms with Crippen LogP contribution in [0.1, 0.15) is 29.4 Å². The largest absolute Gasteiger partial charge is 0.497 e. The summed E-state index contributed by atoms with van der Waals surface area (Å²) in [6.07, 6.45) is 5.93. The lowest BCUT2D eigenvalue weighted by atomic mass is 10.0. The molecule has 0 aliphatic carbocycles. The molecule has 0 N–H and O–H groups in total. The number of ether oxygens (including phenoxy) is 2. The summed E-state index contributed by atoms with van der Waals surface area (Å²) >= 11 is 0. The molecule has 3 aromatic rings. The van der Waals surface area contributed by atoms with E-state index in [0.29, 0.717) is 32.0 Å². The average molecular weight is 407 g/mol. The number of hydrogen-bond donors (Lipinski definition) is 0. The summed E-state index contributed by atoms with van der Waals surface area (Å²) in [7, 11) is 1.63. The fourth-order valence-corrected chi connectivity index (χ4v) is 3.68. The molecule has 1 aliphatic rings. The van der Waals surface area contributed by atoms with E-state index in [4.69, 9.17) is 14.6 Å². The zero-order valence-electron chi connectivity index (χ0n) is 17.2. The number of hydrogen-bond acceptors (Lipinski definition) is 6. The van der Waals surface area contributed by atoms with Crippen LogP contribution in [0.3, 0.4) is 0 Å². The minimum absolute atomic E-state index is 0.107. The van der Waals surface area contributed by atoms with E-state index in [1.54, 1.807) is 25.7 Å². The SMILES string of the molecule is CCn1nc(COc2cnccn2)c2c1CCN(C(=O)Cc1ccc(OC)cc1)C2. The first-order chi connectivity index (χ1) is 14.7. The first-order valence-corrected chi connectivity index (χ1v) is 10.0. The van der Waals surface area contributed by atoms with Gasteiger partial charge in [0.25, 0.3) is 0 Å². The molecular weight excluding hydrogens is 382 g/mol. The van der Waals surface area contributed by atoms with Gasteiger partial charge < -0.3 is 14.4 Å². The molecule has 0 radical (unpaired) electrons. The number of amides is 1. The van der Waals surface area contributed by atoms with Crippen LogP contribution < -0.4 is 9.47 Å². The van der Waals surface area contributed by atoms with Crippen LogP contribution in [0.5, 0.6) is 11.6 Å². The van der Waals surface area contributed by atoms with Crippen molar-refractivity contribution in [2.45, 2.75) is 39.5 Å². The third-order valence-corrected chi connectivity index (χ3v) is 5.28. The molecule has 1 aliphatic heterocycles. The maximum Gasteiger partial charge on any atom is 0.232 e. The molecule has 0 fully saturated rings. The number of nitrogens with zero attached hydrogens (tertiary/aromatic N) is 5. The summed E-state index contributed by atoms with van der Waals surface area (Å²) in [4.78, 5) is 23.0. The third kappa shape index (κ3) is 4.27. The lowest BCUT2D eigenvalue weighted by Gasteiger charge is -2.28. The van der Waals surface area contributed by atoms with Crippen LogP contribution in [0.2, 0.25) is 0 Å². The predicted octanol–water partition coefficient (Wildman–Crippen LogP) is 2.41. The Labute approximate surface area is 175 Å². The summed E-state index contributed by atoms with van der Waals surface area (Å²) in [5.41, 5.74) is 4.08. The quantitative estimate of drug-likeness (QED) is 0.598. The maximum absolute atomic E-state index is 12.9. The lowest BCUT2D eigenvalue weighted by Crippen LogP contribution is -2.37. The molecule has 8 nitrogen and oxygen atoms in total. The molecule has 156 valence electrons. The van der Waals surface area contributed by atoms with Gasteiger partial charge in [-0.25, -0.2) is 4.98 Å². The summed E-state index contributed by atoms with van der Waals surface area (Å²) in [6, 6.07) is 7.62. The number of benzene rings is 1. The Hall–Kier alpha value is -3.42. The third-order valence-electron chi connectivity index (χ3n) is 5.28. The van der Waals surface area contributed by atoms with Crippen LogP contribution in [0, 0.1) is 0 Å². The summed E-state index contributed by atoms with van der Waals surface area (Å²) in [5.74, 6) is 1.35. The molecule has 0 saturated heterocycles. The molecule has 0 saturated carbocycles. The summed E-state index contributed by atoms with van der Waals surface area (Å²) in [5, 5.41) is 4.71. The first-order valence-electron chi connectivity index (χ1n) is 10.0. The van der Waals surface area contributed by atoms with Crippen molar-refractivity contribution in [3.8, 4) is 11.6 Å². The number of aryl methyl sites for hydroxylation is 1. The maximum atomic E-state index is 12.9. The first kappa shape index (κ1) is 19.9. The molecule has 0 atom stereocenters. The second kappa shape index (κ2) is 8.94. The van der Waals surface area contributed by atoms with E-state index >= 15 is 0 Å². The highest BCUT2D eigenvalue weighted by atomic mass is 16.5. The van der Waals surface area contributed by atoms with Gasteiger partial charge in [-0.1, -0.05) is 12.1 Å². The van der Waals surface area contributed by atoms with Crippen molar-refractivity contribution >= 4 is 5.91 Å². The van der Waals surface area contributed by atoms with Crippen molar-refractivity contribution in [2.24, 2.45) is 0 Å². The van der Waals surface area contributed by atoms with E-state index in [-0.39, 0.29) is 5.91 Å². The Morgan fingerprint density at radius 1 is 1.20 bits per heavy atom. The zero-order chi connectivity index (χ0) is 20.9. The van der Waals surface area contributed by atoms with Gasteiger partial charge in [0.05, 0.1) is 19.7 Å². The van der Waals surface area contributed by atoms with Crippen molar-refractivity contribution in [2.75, 3.05) is 13.7 Å². The average Bonchev–Trinajstić information content (AvgIpc) is 3.16. The summed E-state index contributed by atoms with van der Waals surface area (Å²) in [6.45, 7) is 4.39. The fourth-order valence-electron chi connectivity index (χ4n) is 3.68. The number of carbonyl (C=O) groups is 1. The predicted molar refractivity (Wildman–Crippen MR) is 110 cm³/mol. The van der Waals surface area contributed by atoms with Crippen LogP contribution in [0.4, 0.5) is 0 Å². The number of carbonyl (C=O) groups excluding carboxylic acids is 1. The van der Waals surface area contributed by atoms with Crippen LogP contribution in [-0.2, 0) is 37.3 Å². The Bertz CT molecular complexity index is 1000. The molecule has 0 bridgehead atoms. The van der Waals surface area contributed by atoms with Gasteiger partial charge in [-0.15, -0.1) is 0 Å². The van der Waals surface area contributed by atoms with Crippen molar-refractivity contribution in [1.29, 1.82) is 0 Å². The topological polar surface area (TPSA) is 82.4 Å². The van der Waals surface area contributed by atoms with E-state index < -0.39 is 0 Å². The molecule has 1 aromatic carbocycles. The number of aromatic nitrogens is 4. The molecule has 30 heavy (non-hydrogen) atoms. The van der Waals surface area contributed by atoms with E-state index in [0.717, 1.165) is 35.5 Å².